The van der Waals surface area contributed by atoms with Crippen molar-refractivity contribution in [2.45, 2.75) is 13.2 Å². The van der Waals surface area contributed by atoms with Gasteiger partial charge in [0.2, 0.25) is 0 Å². The topological polar surface area (TPSA) is 292 Å². The van der Waals surface area contributed by atoms with E-state index in [9.17, 15) is 38.4 Å². The minimum atomic E-state index is -0.681. The molecule has 6 heterocycles. The van der Waals surface area contributed by atoms with Crippen LogP contribution in [0.25, 0.3) is 0 Å². The number of aromatic nitrogens is 2. The van der Waals surface area contributed by atoms with Gasteiger partial charge < -0.3 is 36.7 Å². The first-order valence-electron chi connectivity index (χ1n) is 21.8. The number of primary amides is 2. The van der Waals surface area contributed by atoms with Crippen LogP contribution >= 0.6 is 45.9 Å². The Kier molecular flexibility index (Phi) is 16.1. The van der Waals surface area contributed by atoms with Crippen molar-refractivity contribution >= 4 is 105 Å². The standard InChI is InChI=1S/C26H17ClN4O5S.C13H7ClN2O3S.C13H12N2O3/c27-21-8-7-20(37-21)24(33)30-18-6-2-5-17-22(18)26(35)31(25(17)34)13-14-3-1-4-15(11-14)36-16-9-10-29-19(12-16)23(28)32;14-9-5-4-8(20-9)12(18)15-7-3-1-2-6-10(7)13(19)16-11(6)17;14-13(17)12-7-11(4-5-15-12)18-10-3-1-2-9(6-10)8-16/h1-12H,13H2,(H2,28,32)(H,30,33);1-5H,(H,15,18)(H,16,17,19);1-7,16H,8H2,(H2,14,17). The summed E-state index contributed by atoms with van der Waals surface area (Å²) in [7, 11) is 0. The van der Waals surface area contributed by atoms with Gasteiger partial charge in [-0.15, -0.1) is 22.7 Å². The van der Waals surface area contributed by atoms with Crippen molar-refractivity contribution in [2.24, 2.45) is 11.5 Å². The lowest BCUT2D eigenvalue weighted by molar-refractivity contribution is 0.0640. The molecule has 0 spiro atoms. The number of nitrogens with zero attached hydrogens (tertiary/aromatic N) is 3. The Morgan fingerprint density at radius 3 is 1.56 bits per heavy atom. The highest BCUT2D eigenvalue weighted by atomic mass is 35.5. The lowest BCUT2D eigenvalue weighted by atomic mass is 10.1. The number of halogens is 2. The van der Waals surface area contributed by atoms with Gasteiger partial charge in [0.15, 0.2) is 0 Å². The average Bonchev–Trinajstić information content (AvgIpc) is 4.18. The van der Waals surface area contributed by atoms with Crippen LogP contribution in [-0.2, 0) is 13.2 Å². The van der Waals surface area contributed by atoms with Gasteiger partial charge in [0.25, 0.3) is 47.3 Å². The average molecular weight is 1080 g/mol. The summed E-state index contributed by atoms with van der Waals surface area (Å²) < 4.78 is 12.3. The maximum Gasteiger partial charge on any atom is 0.267 e. The van der Waals surface area contributed by atoms with Gasteiger partial charge >= 0.3 is 0 Å². The summed E-state index contributed by atoms with van der Waals surface area (Å²) in [6, 6.07) is 35.8. The zero-order valence-electron chi connectivity index (χ0n) is 38.4. The number of imide groups is 2. The van der Waals surface area contributed by atoms with E-state index < -0.39 is 41.4 Å². The Hall–Kier alpha value is -9.12. The number of carbonyl (C=O) groups is 8. The molecule has 2 aliphatic rings. The predicted molar refractivity (Wildman–Crippen MR) is 278 cm³/mol. The van der Waals surface area contributed by atoms with E-state index in [-0.39, 0.29) is 58.4 Å². The maximum absolute atomic E-state index is 13.3. The summed E-state index contributed by atoms with van der Waals surface area (Å²) in [6.07, 6.45) is 2.85. The molecule has 4 aromatic heterocycles. The van der Waals surface area contributed by atoms with E-state index in [1.165, 1.54) is 30.6 Å². The van der Waals surface area contributed by atoms with Gasteiger partial charge in [-0.25, -0.2) is 0 Å². The van der Waals surface area contributed by atoms with Gasteiger partial charge in [-0.2, -0.15) is 0 Å². The molecule has 8 amide bonds. The molecule has 0 unspecified atom stereocenters. The van der Waals surface area contributed by atoms with Crippen LogP contribution in [-0.4, -0.2) is 67.2 Å². The normalized spacial score (nSPS) is 12.0. The van der Waals surface area contributed by atoms with Crippen LogP contribution in [0.3, 0.4) is 0 Å². The molecule has 0 fully saturated rings. The first kappa shape index (κ1) is 52.2. The number of carbonyl (C=O) groups excluding carboxylic acids is 8. The fourth-order valence-electron chi connectivity index (χ4n) is 7.23. The number of hydrogen-bond acceptors (Lipinski definition) is 15. The number of thiophene rings is 2. The summed E-state index contributed by atoms with van der Waals surface area (Å²) >= 11 is 13.9. The van der Waals surface area contributed by atoms with Crippen molar-refractivity contribution < 1.29 is 52.9 Å². The van der Waals surface area contributed by atoms with E-state index in [0.717, 1.165) is 33.1 Å². The number of aliphatic hydroxyl groups is 1. The number of amides is 8. The van der Waals surface area contributed by atoms with E-state index in [1.807, 2.05) is 0 Å². The third-order valence-corrected chi connectivity index (χ3v) is 13.1. The van der Waals surface area contributed by atoms with Crippen molar-refractivity contribution in [3.8, 4) is 23.0 Å². The SMILES string of the molecule is NC(=O)c1cc(Oc2cccc(CN3C(=O)c4cccc(NC(=O)c5ccc(Cl)s5)c4C3=O)c2)ccn1.NC(=O)c1cc(Oc2cccc(CO)c2)ccn1.O=C(Nc1cccc2c1C(=O)NC2=O)c1ccc(Cl)s1. The molecule has 0 bridgehead atoms. The predicted octanol–water partition coefficient (Wildman–Crippen LogP) is 8.74. The van der Waals surface area contributed by atoms with Crippen LogP contribution in [0.1, 0.15) is 92.9 Å². The Labute approximate surface area is 442 Å². The quantitative estimate of drug-likeness (QED) is 0.0590. The minimum Gasteiger partial charge on any atom is -0.457 e. The van der Waals surface area contributed by atoms with Crippen molar-refractivity contribution in [1.29, 1.82) is 0 Å². The van der Waals surface area contributed by atoms with Gasteiger partial charge in [-0.05, 0) is 96.1 Å². The molecule has 4 aromatic carbocycles. The summed E-state index contributed by atoms with van der Waals surface area (Å²) in [5, 5.41) is 16.5. The fourth-order valence-corrected chi connectivity index (χ4v) is 9.11. The van der Waals surface area contributed by atoms with Gasteiger partial charge in [0.05, 0.1) is 65.2 Å². The largest absolute Gasteiger partial charge is 0.457 e. The molecule has 8 aromatic rings. The van der Waals surface area contributed by atoms with Gasteiger partial charge in [-0.3, -0.25) is 58.5 Å². The Bertz CT molecular complexity index is 3600. The highest BCUT2D eigenvalue weighted by molar-refractivity contribution is 7.18. The number of aliphatic hydroxyl groups excluding tert-OH is 1. The molecule has 10 rings (SSSR count). The molecule has 376 valence electrons. The summed E-state index contributed by atoms with van der Waals surface area (Å²) in [6.45, 7) is -0.0690. The highest BCUT2D eigenvalue weighted by Crippen LogP contribution is 2.33. The molecule has 8 N–H and O–H groups in total. The summed E-state index contributed by atoms with van der Waals surface area (Å²) in [5.74, 6) is -2.22. The maximum atomic E-state index is 13.3. The monoisotopic (exact) mass is 1080 g/mol. The van der Waals surface area contributed by atoms with Crippen LogP contribution in [0, 0.1) is 0 Å². The van der Waals surface area contributed by atoms with Crippen molar-refractivity contribution in [1.82, 2.24) is 20.2 Å². The van der Waals surface area contributed by atoms with E-state index in [0.29, 0.717) is 52.7 Å². The lowest BCUT2D eigenvalue weighted by Crippen LogP contribution is -2.29. The van der Waals surface area contributed by atoms with Crippen LogP contribution in [0.2, 0.25) is 8.67 Å². The lowest BCUT2D eigenvalue weighted by Gasteiger charge is -2.15. The van der Waals surface area contributed by atoms with Crippen molar-refractivity contribution in [3.63, 3.8) is 0 Å². The van der Waals surface area contributed by atoms with E-state index in [4.69, 9.17) is 49.2 Å². The number of fused-ring (bicyclic) bond motifs is 2. The zero-order valence-corrected chi connectivity index (χ0v) is 41.5. The molecule has 0 radical (unpaired) electrons. The number of nitrogens with two attached hydrogens (primary N) is 2. The van der Waals surface area contributed by atoms with E-state index in [2.05, 4.69) is 25.9 Å². The third-order valence-electron chi connectivity index (χ3n) is 10.6. The van der Waals surface area contributed by atoms with Crippen molar-refractivity contribution in [2.75, 3.05) is 10.6 Å². The van der Waals surface area contributed by atoms with Crippen LogP contribution in [0.15, 0.2) is 146 Å². The molecule has 0 atom stereocenters. The first-order valence-corrected chi connectivity index (χ1v) is 24.2. The molecule has 75 heavy (non-hydrogen) atoms. The number of ether oxygens (including phenoxy) is 2. The number of benzene rings is 4. The molecule has 0 saturated carbocycles. The van der Waals surface area contributed by atoms with Gasteiger partial charge in [0, 0.05) is 24.5 Å². The first-order chi connectivity index (χ1) is 36.0. The van der Waals surface area contributed by atoms with E-state index >= 15 is 0 Å². The second-order valence-electron chi connectivity index (χ2n) is 15.7. The van der Waals surface area contributed by atoms with Gasteiger partial charge in [0.1, 0.15) is 34.4 Å². The van der Waals surface area contributed by atoms with Gasteiger partial charge in [-0.1, -0.05) is 59.6 Å². The molecule has 23 heteroatoms. The number of rotatable bonds is 13. The third kappa shape index (κ3) is 12.6. The van der Waals surface area contributed by atoms with Crippen molar-refractivity contribution in [3.05, 3.63) is 209 Å². The van der Waals surface area contributed by atoms with Crippen LogP contribution < -0.4 is 36.9 Å². The molecule has 0 saturated heterocycles. The second kappa shape index (κ2) is 23.2. The molecule has 19 nitrogen and oxygen atoms in total. The molecular weight excluding hydrogens is 1050 g/mol. The fraction of sp³-hybridized carbons (Fsp3) is 0.0385. The summed E-state index contributed by atoms with van der Waals surface area (Å²) in [4.78, 5) is 106. The Balaban J connectivity index is 0.000000165. The van der Waals surface area contributed by atoms with Crippen LogP contribution in [0.4, 0.5) is 11.4 Å². The Morgan fingerprint density at radius 2 is 1.05 bits per heavy atom. The molecular formula is C52H36Cl2N8O11S2. The highest BCUT2D eigenvalue weighted by Gasteiger charge is 2.38. The second-order valence-corrected chi connectivity index (χ2v) is 19.1. The smallest absolute Gasteiger partial charge is 0.267 e. The minimum absolute atomic E-state index is 0.0135. The molecule has 2 aliphatic heterocycles. The molecule has 0 aliphatic carbocycles. The summed E-state index contributed by atoms with van der Waals surface area (Å²) in [5.41, 5.74) is 13.3. The number of anilines is 2. The number of pyridine rings is 2. The zero-order chi connectivity index (χ0) is 53.3. The number of nitrogens with one attached hydrogen (secondary N) is 3. The van der Waals surface area contributed by atoms with E-state index in [1.54, 1.807) is 115 Å². The Morgan fingerprint density at radius 1 is 0.573 bits per heavy atom. The number of hydrogen-bond donors (Lipinski definition) is 6. The van der Waals surface area contributed by atoms with Crippen LogP contribution in [0.5, 0.6) is 23.0 Å².